The summed E-state index contributed by atoms with van der Waals surface area (Å²) in [6.07, 6.45) is 5.78. The van der Waals surface area contributed by atoms with Crippen molar-refractivity contribution in [1.29, 1.82) is 0 Å². The van der Waals surface area contributed by atoms with Gasteiger partial charge in [-0.2, -0.15) is 5.10 Å². The largest absolute Gasteiger partial charge is 0.314 e. The van der Waals surface area contributed by atoms with E-state index in [0.717, 1.165) is 6.42 Å². The first-order valence-electron chi connectivity index (χ1n) is 5.53. The summed E-state index contributed by atoms with van der Waals surface area (Å²) in [6.45, 7) is 5.49. The molecular weight excluding hydrogens is 174 g/mol. The third kappa shape index (κ3) is 2.15. The van der Waals surface area contributed by atoms with E-state index in [1.54, 1.807) is 0 Å². The molecule has 2 heterocycles. The van der Waals surface area contributed by atoms with Gasteiger partial charge in [0.15, 0.2) is 0 Å². The van der Waals surface area contributed by atoms with Crippen LogP contribution in [0.3, 0.4) is 0 Å². The van der Waals surface area contributed by atoms with E-state index in [9.17, 15) is 0 Å². The standard InChI is InChI=1S/C11H19N3/c1-9(2)14-7-5-11(13-14)8-10-4-3-6-12-10/h5,7,9-10,12H,3-4,6,8H2,1-2H3. The van der Waals surface area contributed by atoms with E-state index < -0.39 is 0 Å². The van der Waals surface area contributed by atoms with Crippen molar-refractivity contribution in [3.63, 3.8) is 0 Å². The van der Waals surface area contributed by atoms with Crippen LogP contribution in [-0.4, -0.2) is 22.4 Å². The normalized spacial score (nSPS) is 22.1. The Morgan fingerprint density at radius 3 is 3.07 bits per heavy atom. The third-order valence-electron chi connectivity index (χ3n) is 2.81. The van der Waals surface area contributed by atoms with Gasteiger partial charge < -0.3 is 5.32 Å². The first-order valence-corrected chi connectivity index (χ1v) is 5.53. The van der Waals surface area contributed by atoms with Gasteiger partial charge in [0.05, 0.1) is 5.69 Å². The predicted octanol–water partition coefficient (Wildman–Crippen LogP) is 1.76. The van der Waals surface area contributed by atoms with Crippen molar-refractivity contribution in [2.45, 2.75) is 45.2 Å². The fourth-order valence-corrected chi connectivity index (χ4v) is 1.96. The lowest BCUT2D eigenvalue weighted by atomic mass is 10.1. The fraction of sp³-hybridized carbons (Fsp3) is 0.727. The lowest BCUT2D eigenvalue weighted by Crippen LogP contribution is -2.23. The molecule has 0 bridgehead atoms. The molecule has 1 unspecified atom stereocenters. The monoisotopic (exact) mass is 193 g/mol. The van der Waals surface area contributed by atoms with Crippen molar-refractivity contribution in [2.75, 3.05) is 6.54 Å². The van der Waals surface area contributed by atoms with Crippen molar-refractivity contribution >= 4 is 0 Å². The van der Waals surface area contributed by atoms with Gasteiger partial charge in [0.2, 0.25) is 0 Å². The summed E-state index contributed by atoms with van der Waals surface area (Å²) in [5.41, 5.74) is 1.22. The molecule has 1 aliphatic heterocycles. The van der Waals surface area contributed by atoms with Crippen molar-refractivity contribution in [3.05, 3.63) is 18.0 Å². The minimum atomic E-state index is 0.472. The number of rotatable bonds is 3. The maximum Gasteiger partial charge on any atom is 0.0640 e. The van der Waals surface area contributed by atoms with E-state index >= 15 is 0 Å². The van der Waals surface area contributed by atoms with Crippen molar-refractivity contribution in [1.82, 2.24) is 15.1 Å². The van der Waals surface area contributed by atoms with Gasteiger partial charge in [-0.25, -0.2) is 0 Å². The van der Waals surface area contributed by atoms with Gasteiger partial charge in [-0.05, 0) is 39.3 Å². The highest BCUT2D eigenvalue weighted by atomic mass is 15.3. The zero-order valence-electron chi connectivity index (χ0n) is 9.03. The molecule has 0 radical (unpaired) electrons. The first-order chi connectivity index (χ1) is 6.75. The van der Waals surface area contributed by atoms with E-state index in [0.29, 0.717) is 12.1 Å². The van der Waals surface area contributed by atoms with Crippen LogP contribution >= 0.6 is 0 Å². The number of hydrogen-bond donors (Lipinski definition) is 1. The third-order valence-corrected chi connectivity index (χ3v) is 2.81. The maximum atomic E-state index is 4.55. The van der Waals surface area contributed by atoms with Crippen LogP contribution in [0, 0.1) is 0 Å². The summed E-state index contributed by atoms with van der Waals surface area (Å²) < 4.78 is 2.03. The minimum Gasteiger partial charge on any atom is -0.314 e. The van der Waals surface area contributed by atoms with Crippen molar-refractivity contribution in [3.8, 4) is 0 Å². The zero-order valence-corrected chi connectivity index (χ0v) is 9.03. The quantitative estimate of drug-likeness (QED) is 0.792. The molecule has 1 aromatic heterocycles. The van der Waals surface area contributed by atoms with Crippen LogP contribution in [0.4, 0.5) is 0 Å². The van der Waals surface area contributed by atoms with E-state index in [4.69, 9.17) is 0 Å². The molecule has 1 saturated heterocycles. The van der Waals surface area contributed by atoms with Crippen LogP contribution in [0.2, 0.25) is 0 Å². The second-order valence-corrected chi connectivity index (χ2v) is 4.38. The molecule has 14 heavy (non-hydrogen) atoms. The Morgan fingerprint density at radius 2 is 2.50 bits per heavy atom. The molecule has 3 nitrogen and oxygen atoms in total. The SMILES string of the molecule is CC(C)n1ccc(CC2CCCN2)n1. The number of nitrogens with zero attached hydrogens (tertiary/aromatic N) is 2. The number of aromatic nitrogens is 2. The molecule has 2 rings (SSSR count). The van der Waals surface area contributed by atoms with Crippen LogP contribution in [0.5, 0.6) is 0 Å². The van der Waals surface area contributed by atoms with Crippen molar-refractivity contribution < 1.29 is 0 Å². The molecule has 0 aromatic carbocycles. The first kappa shape index (κ1) is 9.71. The van der Waals surface area contributed by atoms with Gasteiger partial charge in [-0.3, -0.25) is 4.68 Å². The summed E-state index contributed by atoms with van der Waals surface area (Å²) in [7, 11) is 0. The predicted molar refractivity (Wildman–Crippen MR) is 57.3 cm³/mol. The average Bonchev–Trinajstić information content (AvgIpc) is 2.75. The summed E-state index contributed by atoms with van der Waals surface area (Å²) in [5.74, 6) is 0. The molecule has 1 aliphatic rings. The summed E-state index contributed by atoms with van der Waals surface area (Å²) >= 11 is 0. The van der Waals surface area contributed by atoms with Gasteiger partial charge in [0, 0.05) is 24.7 Å². The Bertz CT molecular complexity index is 284. The van der Waals surface area contributed by atoms with E-state index in [-0.39, 0.29) is 0 Å². The lowest BCUT2D eigenvalue weighted by molar-refractivity contribution is 0.516. The van der Waals surface area contributed by atoms with Crippen LogP contribution < -0.4 is 5.32 Å². The lowest BCUT2D eigenvalue weighted by Gasteiger charge is -2.07. The molecule has 0 spiro atoms. The molecule has 1 fully saturated rings. The van der Waals surface area contributed by atoms with Crippen LogP contribution in [0.25, 0.3) is 0 Å². The number of nitrogens with one attached hydrogen (secondary N) is 1. The molecule has 78 valence electrons. The van der Waals surface area contributed by atoms with Crippen LogP contribution in [0.15, 0.2) is 12.3 Å². The molecule has 0 amide bonds. The minimum absolute atomic E-state index is 0.472. The van der Waals surface area contributed by atoms with Gasteiger partial charge >= 0.3 is 0 Å². The Balaban J connectivity index is 1.95. The Morgan fingerprint density at radius 1 is 1.64 bits per heavy atom. The highest BCUT2D eigenvalue weighted by Crippen LogP contribution is 2.11. The molecular formula is C11H19N3. The van der Waals surface area contributed by atoms with Crippen LogP contribution in [0.1, 0.15) is 38.4 Å². The molecule has 0 aliphatic carbocycles. The molecule has 1 atom stereocenters. The smallest absolute Gasteiger partial charge is 0.0640 e. The maximum absolute atomic E-state index is 4.55. The van der Waals surface area contributed by atoms with Crippen molar-refractivity contribution in [2.24, 2.45) is 0 Å². The molecule has 1 N–H and O–H groups in total. The molecule has 0 saturated carbocycles. The second-order valence-electron chi connectivity index (χ2n) is 4.38. The topological polar surface area (TPSA) is 29.9 Å². The highest BCUT2D eigenvalue weighted by molar-refractivity contribution is 5.02. The molecule has 1 aromatic rings. The second kappa shape index (κ2) is 4.13. The zero-order chi connectivity index (χ0) is 9.97. The van der Waals surface area contributed by atoms with E-state index in [1.807, 2.05) is 4.68 Å². The number of hydrogen-bond acceptors (Lipinski definition) is 2. The van der Waals surface area contributed by atoms with Crippen LogP contribution in [-0.2, 0) is 6.42 Å². The Labute approximate surface area is 85.5 Å². The fourth-order valence-electron chi connectivity index (χ4n) is 1.96. The summed E-state index contributed by atoms with van der Waals surface area (Å²) in [5, 5.41) is 8.04. The summed E-state index contributed by atoms with van der Waals surface area (Å²) in [6, 6.07) is 3.27. The van der Waals surface area contributed by atoms with E-state index in [1.165, 1.54) is 25.1 Å². The summed E-state index contributed by atoms with van der Waals surface area (Å²) in [4.78, 5) is 0. The van der Waals surface area contributed by atoms with E-state index in [2.05, 4.69) is 36.5 Å². The highest BCUT2D eigenvalue weighted by Gasteiger charge is 2.15. The average molecular weight is 193 g/mol. The van der Waals surface area contributed by atoms with Gasteiger partial charge in [-0.1, -0.05) is 0 Å². The Kier molecular flexibility index (Phi) is 2.87. The Hall–Kier alpha value is -0.830. The van der Waals surface area contributed by atoms with Gasteiger partial charge in [-0.15, -0.1) is 0 Å². The molecule has 3 heteroatoms. The van der Waals surface area contributed by atoms with Gasteiger partial charge in [0.25, 0.3) is 0 Å². The van der Waals surface area contributed by atoms with Gasteiger partial charge in [0.1, 0.15) is 0 Å².